The number of hydrogen-bond acceptors (Lipinski definition) is 4. The summed E-state index contributed by atoms with van der Waals surface area (Å²) in [6.07, 6.45) is 1.74. The predicted octanol–water partition coefficient (Wildman–Crippen LogP) is 0.0818. The molecule has 0 aromatic carbocycles. The number of hydrogen-bond donors (Lipinski definition) is 1. The summed E-state index contributed by atoms with van der Waals surface area (Å²) in [4.78, 5) is 23.6. The first-order valence-corrected chi connectivity index (χ1v) is 4.90. The molecule has 5 heteroatoms. The molecule has 2 amide bonds. The molecule has 0 radical (unpaired) electrons. The fourth-order valence-electron chi connectivity index (χ4n) is 1.15. The minimum absolute atomic E-state index is 0.0343. The first-order valence-electron chi connectivity index (χ1n) is 4.27. The Balaban J connectivity index is 2.35. The van der Waals surface area contributed by atoms with Crippen LogP contribution in [0.3, 0.4) is 0 Å². The van der Waals surface area contributed by atoms with Gasteiger partial charge in [-0.05, 0) is 18.6 Å². The number of amides is 2. The molecule has 1 rings (SSSR count). The number of carbonyl (C=O) groups excluding carboxylic acids is 2. The molecule has 0 saturated carbocycles. The summed E-state index contributed by atoms with van der Waals surface area (Å²) in [5, 5.41) is 0. The van der Waals surface area contributed by atoms with E-state index in [1.165, 1.54) is 4.90 Å². The molecule has 0 atom stereocenters. The monoisotopic (exact) mass is 203 g/mol. The summed E-state index contributed by atoms with van der Waals surface area (Å²) >= 11 is 4.05. The van der Waals surface area contributed by atoms with Crippen LogP contribution in [0.1, 0.15) is 12.8 Å². The zero-order valence-electron chi connectivity index (χ0n) is 7.36. The molecule has 4 nitrogen and oxygen atoms in total. The van der Waals surface area contributed by atoms with Gasteiger partial charge in [-0.3, -0.25) is 14.5 Å². The number of morpholine rings is 1. The molecule has 74 valence electrons. The number of unbranched alkanes of at least 4 members (excludes halogenated alkanes) is 1. The maximum absolute atomic E-state index is 11.2. The zero-order valence-corrected chi connectivity index (χ0v) is 8.26. The lowest BCUT2D eigenvalue weighted by Crippen LogP contribution is -2.46. The van der Waals surface area contributed by atoms with E-state index in [9.17, 15) is 9.59 Å². The van der Waals surface area contributed by atoms with E-state index in [1.807, 2.05) is 0 Å². The van der Waals surface area contributed by atoms with Crippen LogP contribution in [0, 0.1) is 0 Å². The molecule has 1 saturated heterocycles. The van der Waals surface area contributed by atoms with Gasteiger partial charge in [0, 0.05) is 6.54 Å². The minimum atomic E-state index is -0.226. The average molecular weight is 203 g/mol. The van der Waals surface area contributed by atoms with Gasteiger partial charge in [0.25, 0.3) is 11.8 Å². The molecule has 0 N–H and O–H groups in total. The average Bonchev–Trinajstić information content (AvgIpc) is 2.10. The molecule has 1 fully saturated rings. The van der Waals surface area contributed by atoms with Crippen LogP contribution < -0.4 is 0 Å². The van der Waals surface area contributed by atoms with Gasteiger partial charge in [-0.2, -0.15) is 12.6 Å². The molecule has 1 aliphatic heterocycles. The Hall–Kier alpha value is -0.550. The minimum Gasteiger partial charge on any atom is -0.362 e. The van der Waals surface area contributed by atoms with Crippen molar-refractivity contribution in [3.05, 3.63) is 0 Å². The molecular weight excluding hydrogens is 190 g/mol. The largest absolute Gasteiger partial charge is 0.362 e. The van der Waals surface area contributed by atoms with E-state index in [2.05, 4.69) is 12.6 Å². The van der Waals surface area contributed by atoms with Crippen LogP contribution in [0.15, 0.2) is 0 Å². The smallest absolute Gasteiger partial charge is 0.255 e. The van der Waals surface area contributed by atoms with Gasteiger partial charge in [-0.1, -0.05) is 0 Å². The van der Waals surface area contributed by atoms with Crippen molar-refractivity contribution >= 4 is 24.4 Å². The van der Waals surface area contributed by atoms with E-state index in [0.717, 1.165) is 18.6 Å². The fourth-order valence-corrected chi connectivity index (χ4v) is 1.38. The third-order valence-corrected chi connectivity index (χ3v) is 2.16. The van der Waals surface area contributed by atoms with Crippen LogP contribution in [0.2, 0.25) is 0 Å². The highest BCUT2D eigenvalue weighted by Gasteiger charge is 2.25. The van der Waals surface area contributed by atoms with Crippen molar-refractivity contribution in [1.82, 2.24) is 4.90 Å². The molecule has 1 heterocycles. The third-order valence-electron chi connectivity index (χ3n) is 1.84. The Labute approximate surface area is 82.6 Å². The van der Waals surface area contributed by atoms with Crippen LogP contribution in [-0.2, 0) is 14.3 Å². The first-order chi connectivity index (χ1) is 6.25. The van der Waals surface area contributed by atoms with Gasteiger partial charge >= 0.3 is 0 Å². The maximum atomic E-state index is 11.2. The molecule has 0 aliphatic carbocycles. The van der Waals surface area contributed by atoms with Crippen LogP contribution in [0.4, 0.5) is 0 Å². The van der Waals surface area contributed by atoms with Gasteiger partial charge in [0.1, 0.15) is 13.2 Å². The molecule has 0 aromatic rings. The summed E-state index contributed by atoms with van der Waals surface area (Å²) in [6.45, 7) is 0.570. The maximum Gasteiger partial charge on any atom is 0.255 e. The number of ether oxygens (including phenoxy) is 1. The predicted molar refractivity (Wildman–Crippen MR) is 50.6 cm³/mol. The molecular formula is C8H13NO3S. The lowest BCUT2D eigenvalue weighted by atomic mass is 10.3. The van der Waals surface area contributed by atoms with Crippen LogP contribution in [0.25, 0.3) is 0 Å². The van der Waals surface area contributed by atoms with Crippen LogP contribution in [0.5, 0.6) is 0 Å². The van der Waals surface area contributed by atoms with E-state index in [4.69, 9.17) is 4.74 Å². The van der Waals surface area contributed by atoms with Crippen molar-refractivity contribution in [2.24, 2.45) is 0 Å². The standard InChI is InChI=1S/C8H13NO3S/c10-7-5-12-6-8(11)9(7)3-1-2-4-13/h13H,1-6H2. The first kappa shape index (κ1) is 10.5. The summed E-state index contributed by atoms with van der Waals surface area (Å²) in [5.41, 5.74) is 0. The van der Waals surface area contributed by atoms with E-state index in [-0.39, 0.29) is 25.0 Å². The molecule has 0 unspecified atom stereocenters. The number of rotatable bonds is 4. The second-order valence-corrected chi connectivity index (χ2v) is 3.31. The lowest BCUT2D eigenvalue weighted by molar-refractivity contribution is -0.158. The molecule has 1 aliphatic rings. The van der Waals surface area contributed by atoms with Crippen molar-refractivity contribution in [1.29, 1.82) is 0 Å². The second-order valence-electron chi connectivity index (χ2n) is 2.86. The summed E-state index contributed by atoms with van der Waals surface area (Å²) in [7, 11) is 0. The number of nitrogens with zero attached hydrogens (tertiary/aromatic N) is 1. The summed E-state index contributed by atoms with van der Waals surface area (Å²) < 4.78 is 4.77. The van der Waals surface area contributed by atoms with E-state index >= 15 is 0 Å². The van der Waals surface area contributed by atoms with Crippen molar-refractivity contribution in [3.8, 4) is 0 Å². The highest BCUT2D eigenvalue weighted by Crippen LogP contribution is 2.03. The van der Waals surface area contributed by atoms with E-state index in [1.54, 1.807) is 0 Å². The highest BCUT2D eigenvalue weighted by molar-refractivity contribution is 7.80. The van der Waals surface area contributed by atoms with Crippen LogP contribution >= 0.6 is 12.6 Å². The Bertz CT molecular complexity index is 192. The Morgan fingerprint density at radius 1 is 1.23 bits per heavy atom. The Morgan fingerprint density at radius 3 is 2.38 bits per heavy atom. The van der Waals surface area contributed by atoms with Gasteiger partial charge in [0.05, 0.1) is 0 Å². The molecule has 0 bridgehead atoms. The van der Waals surface area contributed by atoms with Gasteiger partial charge in [0.15, 0.2) is 0 Å². The number of carbonyl (C=O) groups is 2. The van der Waals surface area contributed by atoms with Gasteiger partial charge in [-0.15, -0.1) is 0 Å². The number of thiol groups is 1. The van der Waals surface area contributed by atoms with E-state index < -0.39 is 0 Å². The van der Waals surface area contributed by atoms with Crippen molar-refractivity contribution in [2.45, 2.75) is 12.8 Å². The van der Waals surface area contributed by atoms with Crippen LogP contribution in [-0.4, -0.2) is 42.2 Å². The lowest BCUT2D eigenvalue weighted by Gasteiger charge is -2.24. The summed E-state index contributed by atoms with van der Waals surface area (Å²) in [5.74, 6) is 0.332. The number of imide groups is 1. The van der Waals surface area contributed by atoms with E-state index in [0.29, 0.717) is 6.54 Å². The Morgan fingerprint density at radius 2 is 1.85 bits per heavy atom. The normalized spacial score (nSPS) is 18.1. The second kappa shape index (κ2) is 5.24. The molecule has 13 heavy (non-hydrogen) atoms. The van der Waals surface area contributed by atoms with Crippen molar-refractivity contribution in [3.63, 3.8) is 0 Å². The topological polar surface area (TPSA) is 46.6 Å². The zero-order chi connectivity index (χ0) is 9.68. The third kappa shape index (κ3) is 3.00. The van der Waals surface area contributed by atoms with Crippen molar-refractivity contribution < 1.29 is 14.3 Å². The van der Waals surface area contributed by atoms with Gasteiger partial charge in [0.2, 0.25) is 0 Å². The molecule has 0 spiro atoms. The van der Waals surface area contributed by atoms with Gasteiger partial charge < -0.3 is 4.74 Å². The van der Waals surface area contributed by atoms with Gasteiger partial charge in [-0.25, -0.2) is 0 Å². The highest BCUT2D eigenvalue weighted by atomic mass is 32.1. The quantitative estimate of drug-likeness (QED) is 0.400. The SMILES string of the molecule is O=C1COCC(=O)N1CCCCS. The molecule has 0 aromatic heterocycles. The summed E-state index contributed by atoms with van der Waals surface area (Å²) in [6, 6.07) is 0. The van der Waals surface area contributed by atoms with Crippen molar-refractivity contribution in [2.75, 3.05) is 25.5 Å². The Kier molecular flexibility index (Phi) is 4.24. The fraction of sp³-hybridized carbons (Fsp3) is 0.750.